The SMILES string of the molecule is CCC(Sc1cccc(NC(=O)/C=C/c2ccccc2)c1)C(=O)Nc1ccc(Cl)c(Cl)c1. The van der Waals surface area contributed by atoms with Crippen molar-refractivity contribution in [2.75, 3.05) is 10.6 Å². The number of rotatable bonds is 8. The number of halogens is 2. The molecule has 0 spiro atoms. The summed E-state index contributed by atoms with van der Waals surface area (Å²) in [5.41, 5.74) is 2.21. The number of hydrogen-bond donors (Lipinski definition) is 2. The third kappa shape index (κ3) is 7.16. The molecule has 0 radical (unpaired) electrons. The second-order valence-corrected chi connectivity index (χ2v) is 8.98. The van der Waals surface area contributed by atoms with Crippen LogP contribution >= 0.6 is 35.0 Å². The molecular weight excluding hydrogens is 463 g/mol. The van der Waals surface area contributed by atoms with Crippen LogP contribution in [0.1, 0.15) is 18.9 Å². The summed E-state index contributed by atoms with van der Waals surface area (Å²) in [6.45, 7) is 1.95. The highest BCUT2D eigenvalue weighted by atomic mass is 35.5. The van der Waals surface area contributed by atoms with Crippen molar-refractivity contribution in [2.45, 2.75) is 23.5 Å². The van der Waals surface area contributed by atoms with Gasteiger partial charge in [-0.05, 0) is 54.5 Å². The first-order valence-electron chi connectivity index (χ1n) is 10.0. The predicted molar refractivity (Wildman–Crippen MR) is 136 cm³/mol. The van der Waals surface area contributed by atoms with Crippen LogP contribution in [0.15, 0.2) is 83.8 Å². The maximum Gasteiger partial charge on any atom is 0.248 e. The summed E-state index contributed by atoms with van der Waals surface area (Å²) in [7, 11) is 0. The van der Waals surface area contributed by atoms with E-state index in [9.17, 15) is 9.59 Å². The minimum Gasteiger partial charge on any atom is -0.325 e. The smallest absolute Gasteiger partial charge is 0.248 e. The number of amides is 2. The Morgan fingerprint density at radius 1 is 0.906 bits per heavy atom. The van der Waals surface area contributed by atoms with E-state index in [1.54, 1.807) is 24.3 Å². The predicted octanol–water partition coefficient (Wildman–Crippen LogP) is 7.15. The van der Waals surface area contributed by atoms with Crippen LogP contribution in [0.25, 0.3) is 6.08 Å². The lowest BCUT2D eigenvalue weighted by molar-refractivity contribution is -0.115. The standard InChI is InChI=1S/C25H22Cl2N2O2S/c1-2-23(25(31)29-19-12-13-21(26)22(27)16-19)32-20-10-6-9-18(15-20)28-24(30)14-11-17-7-4-3-5-8-17/h3-16,23H,2H2,1H3,(H,28,30)(H,29,31)/b14-11+. The summed E-state index contributed by atoms with van der Waals surface area (Å²) < 4.78 is 0. The van der Waals surface area contributed by atoms with E-state index in [1.807, 2.05) is 61.5 Å². The molecule has 2 amide bonds. The fraction of sp³-hybridized carbons (Fsp3) is 0.120. The summed E-state index contributed by atoms with van der Waals surface area (Å²) in [6.07, 6.45) is 3.89. The lowest BCUT2D eigenvalue weighted by Gasteiger charge is -2.15. The molecule has 0 heterocycles. The van der Waals surface area contributed by atoms with E-state index in [4.69, 9.17) is 23.2 Å². The van der Waals surface area contributed by atoms with E-state index in [-0.39, 0.29) is 17.1 Å². The van der Waals surface area contributed by atoms with E-state index in [0.717, 1.165) is 10.5 Å². The van der Waals surface area contributed by atoms with Gasteiger partial charge in [0.15, 0.2) is 0 Å². The average molecular weight is 485 g/mol. The molecule has 0 aromatic heterocycles. The summed E-state index contributed by atoms with van der Waals surface area (Å²) in [4.78, 5) is 25.9. The van der Waals surface area contributed by atoms with Crippen LogP contribution in [0.3, 0.4) is 0 Å². The van der Waals surface area contributed by atoms with E-state index >= 15 is 0 Å². The lowest BCUT2D eigenvalue weighted by atomic mass is 10.2. The maximum absolute atomic E-state index is 12.7. The Morgan fingerprint density at radius 2 is 1.66 bits per heavy atom. The second-order valence-electron chi connectivity index (χ2n) is 6.89. The Labute approximate surface area is 202 Å². The van der Waals surface area contributed by atoms with Crippen LogP contribution in [-0.4, -0.2) is 17.1 Å². The molecule has 0 bridgehead atoms. The van der Waals surface area contributed by atoms with Crippen LogP contribution in [0.2, 0.25) is 10.0 Å². The van der Waals surface area contributed by atoms with Crippen molar-refractivity contribution in [3.8, 4) is 0 Å². The first-order chi connectivity index (χ1) is 15.4. The fourth-order valence-electron chi connectivity index (χ4n) is 2.85. The number of anilines is 2. The Bertz CT molecular complexity index is 1120. The van der Waals surface area contributed by atoms with Gasteiger partial charge in [-0.2, -0.15) is 0 Å². The van der Waals surface area contributed by atoms with Gasteiger partial charge < -0.3 is 10.6 Å². The molecule has 3 rings (SSSR count). The number of thioether (sulfide) groups is 1. The Balaban J connectivity index is 1.61. The molecule has 3 aromatic carbocycles. The Hall–Kier alpha value is -2.73. The molecule has 32 heavy (non-hydrogen) atoms. The highest BCUT2D eigenvalue weighted by molar-refractivity contribution is 8.00. The van der Waals surface area contributed by atoms with Gasteiger partial charge in [0.25, 0.3) is 0 Å². The van der Waals surface area contributed by atoms with Crippen molar-refractivity contribution in [3.05, 3.63) is 94.5 Å². The van der Waals surface area contributed by atoms with Crippen molar-refractivity contribution >= 4 is 64.2 Å². The van der Waals surface area contributed by atoms with Gasteiger partial charge in [0.05, 0.1) is 15.3 Å². The van der Waals surface area contributed by atoms with Crippen LogP contribution in [0, 0.1) is 0 Å². The second kappa shape index (κ2) is 11.8. The van der Waals surface area contributed by atoms with Gasteiger partial charge >= 0.3 is 0 Å². The van der Waals surface area contributed by atoms with E-state index in [2.05, 4.69) is 10.6 Å². The molecule has 0 saturated heterocycles. The average Bonchev–Trinajstić information content (AvgIpc) is 2.79. The monoisotopic (exact) mass is 484 g/mol. The van der Waals surface area contributed by atoms with Gasteiger partial charge in [0.2, 0.25) is 11.8 Å². The van der Waals surface area contributed by atoms with Crippen molar-refractivity contribution in [1.29, 1.82) is 0 Å². The van der Waals surface area contributed by atoms with Crippen LogP contribution in [-0.2, 0) is 9.59 Å². The Kier molecular flexibility index (Phi) is 8.80. The molecule has 0 fully saturated rings. The zero-order valence-corrected chi connectivity index (χ0v) is 19.7. The largest absolute Gasteiger partial charge is 0.325 e. The van der Waals surface area contributed by atoms with E-state index in [0.29, 0.717) is 27.8 Å². The number of nitrogens with one attached hydrogen (secondary N) is 2. The van der Waals surface area contributed by atoms with Crippen LogP contribution in [0.5, 0.6) is 0 Å². The van der Waals surface area contributed by atoms with Crippen molar-refractivity contribution in [3.63, 3.8) is 0 Å². The van der Waals surface area contributed by atoms with Gasteiger partial charge in [0.1, 0.15) is 0 Å². The van der Waals surface area contributed by atoms with Gasteiger partial charge in [-0.15, -0.1) is 11.8 Å². The lowest BCUT2D eigenvalue weighted by Crippen LogP contribution is -2.24. The molecule has 0 aliphatic carbocycles. The summed E-state index contributed by atoms with van der Waals surface area (Å²) in [5.74, 6) is -0.350. The normalized spacial score (nSPS) is 11.8. The number of benzene rings is 3. The topological polar surface area (TPSA) is 58.2 Å². The zero-order chi connectivity index (χ0) is 22.9. The quantitative estimate of drug-likeness (QED) is 0.263. The van der Waals surface area contributed by atoms with Crippen LogP contribution < -0.4 is 10.6 Å². The molecule has 1 unspecified atom stereocenters. The first-order valence-corrected chi connectivity index (χ1v) is 11.6. The minimum atomic E-state index is -0.312. The molecule has 4 nitrogen and oxygen atoms in total. The first kappa shape index (κ1) is 23.9. The van der Waals surface area contributed by atoms with Crippen LogP contribution in [0.4, 0.5) is 11.4 Å². The molecular formula is C25H22Cl2N2O2S. The molecule has 0 aliphatic heterocycles. The maximum atomic E-state index is 12.7. The summed E-state index contributed by atoms with van der Waals surface area (Å²) in [5, 5.41) is 6.24. The molecule has 2 N–H and O–H groups in total. The van der Waals surface area contributed by atoms with Crippen molar-refractivity contribution in [1.82, 2.24) is 0 Å². The number of hydrogen-bond acceptors (Lipinski definition) is 3. The summed E-state index contributed by atoms with van der Waals surface area (Å²) in [6, 6.07) is 22.0. The molecule has 0 aliphatic rings. The highest BCUT2D eigenvalue weighted by Gasteiger charge is 2.18. The highest BCUT2D eigenvalue weighted by Crippen LogP contribution is 2.30. The van der Waals surface area contributed by atoms with Crippen molar-refractivity contribution in [2.24, 2.45) is 0 Å². The minimum absolute atomic E-state index is 0.129. The fourth-order valence-corrected chi connectivity index (χ4v) is 4.16. The van der Waals surface area contributed by atoms with Gasteiger partial charge in [-0.3, -0.25) is 9.59 Å². The van der Waals surface area contributed by atoms with E-state index in [1.165, 1.54) is 17.8 Å². The van der Waals surface area contributed by atoms with Gasteiger partial charge in [-0.1, -0.05) is 66.5 Å². The number of carbonyl (C=O) groups excluding carboxylic acids is 2. The molecule has 164 valence electrons. The molecule has 3 aromatic rings. The van der Waals surface area contributed by atoms with Gasteiger partial charge in [0, 0.05) is 22.3 Å². The van der Waals surface area contributed by atoms with Crippen molar-refractivity contribution < 1.29 is 9.59 Å². The van der Waals surface area contributed by atoms with E-state index < -0.39 is 0 Å². The molecule has 7 heteroatoms. The third-order valence-electron chi connectivity index (χ3n) is 4.46. The Morgan fingerprint density at radius 3 is 2.38 bits per heavy atom. The summed E-state index contributed by atoms with van der Waals surface area (Å²) >= 11 is 13.4. The number of carbonyl (C=O) groups is 2. The molecule has 0 saturated carbocycles. The van der Waals surface area contributed by atoms with Gasteiger partial charge in [-0.25, -0.2) is 0 Å². The molecule has 1 atom stereocenters. The third-order valence-corrected chi connectivity index (χ3v) is 6.55. The zero-order valence-electron chi connectivity index (χ0n) is 17.3.